The van der Waals surface area contributed by atoms with E-state index < -0.39 is 47.4 Å². The van der Waals surface area contributed by atoms with E-state index in [9.17, 15) is 24.5 Å². The van der Waals surface area contributed by atoms with Crippen LogP contribution in [0.5, 0.6) is 0 Å². The summed E-state index contributed by atoms with van der Waals surface area (Å²) >= 11 is 0. The molecule has 1 aromatic carbocycles. The number of hydrogen-bond donors (Lipinski definition) is 0. The average molecular weight is 422 g/mol. The molecule has 1 aliphatic heterocycles. The monoisotopic (exact) mass is 422 g/mol. The molecular formula is C17H18N4O9. The van der Waals surface area contributed by atoms with Gasteiger partial charge in [-0.1, -0.05) is 11.3 Å². The van der Waals surface area contributed by atoms with Crippen molar-refractivity contribution in [2.24, 2.45) is 0 Å². The molecule has 0 N–H and O–H groups in total. The zero-order valence-electron chi connectivity index (χ0n) is 16.2. The second-order valence-corrected chi connectivity index (χ2v) is 6.46. The molecule has 1 aromatic heterocycles. The molecule has 0 saturated carbocycles. The Morgan fingerprint density at radius 3 is 2.33 bits per heavy atom. The molecule has 13 heteroatoms. The van der Waals surface area contributed by atoms with Crippen molar-refractivity contribution in [3.8, 4) is 0 Å². The minimum absolute atomic E-state index is 0.00109. The van der Waals surface area contributed by atoms with Crippen LogP contribution < -0.4 is 0 Å². The van der Waals surface area contributed by atoms with Gasteiger partial charge in [0, 0.05) is 26.8 Å². The number of hydrogen-bond acceptors (Lipinski definition) is 11. The summed E-state index contributed by atoms with van der Waals surface area (Å²) in [7, 11) is 0. The van der Waals surface area contributed by atoms with Crippen LogP contribution in [0.25, 0.3) is 11.0 Å². The summed E-state index contributed by atoms with van der Waals surface area (Å²) in [5, 5.41) is 19.0. The Kier molecular flexibility index (Phi) is 5.91. The van der Waals surface area contributed by atoms with Gasteiger partial charge >= 0.3 is 17.9 Å². The Morgan fingerprint density at radius 1 is 1.10 bits per heavy atom. The maximum Gasteiger partial charge on any atom is 0.303 e. The number of non-ortho nitro benzene ring substituents is 1. The normalized spacial score (nSPS) is 23.6. The number of rotatable bonds is 5. The molecule has 0 unspecified atom stereocenters. The molecule has 1 fully saturated rings. The molecule has 2 heterocycles. The lowest BCUT2D eigenvalue weighted by Gasteiger charge is -2.40. The van der Waals surface area contributed by atoms with Crippen molar-refractivity contribution in [1.29, 1.82) is 0 Å². The number of esters is 3. The van der Waals surface area contributed by atoms with E-state index in [4.69, 9.17) is 18.9 Å². The SMILES string of the molecule is CC(=O)O[C@@H]1[C@H](OC(C)=O)[C@@H](n2nnc3c([N+](=O)[O-])cccc32)OC[C@H]1OC(C)=O. The van der Waals surface area contributed by atoms with Gasteiger partial charge in [0.25, 0.3) is 5.69 Å². The van der Waals surface area contributed by atoms with Crippen LogP contribution in [0.3, 0.4) is 0 Å². The molecule has 30 heavy (non-hydrogen) atoms. The number of carbonyl (C=O) groups excluding carboxylic acids is 3. The Labute approximate surface area is 169 Å². The number of fused-ring (bicyclic) bond motifs is 1. The van der Waals surface area contributed by atoms with Crippen molar-refractivity contribution < 1.29 is 38.3 Å². The number of aromatic nitrogens is 3. The summed E-state index contributed by atoms with van der Waals surface area (Å²) in [5.41, 5.74) is -0.0365. The number of benzene rings is 1. The second-order valence-electron chi connectivity index (χ2n) is 6.46. The molecule has 2 aromatic rings. The Bertz CT molecular complexity index is 1000. The topological polar surface area (TPSA) is 162 Å². The van der Waals surface area contributed by atoms with E-state index >= 15 is 0 Å². The smallest absolute Gasteiger partial charge is 0.303 e. The summed E-state index contributed by atoms with van der Waals surface area (Å²) in [6, 6.07) is 4.23. The highest BCUT2D eigenvalue weighted by molar-refractivity contribution is 5.84. The van der Waals surface area contributed by atoms with Gasteiger partial charge in [-0.3, -0.25) is 24.5 Å². The molecule has 1 saturated heterocycles. The molecule has 160 valence electrons. The largest absolute Gasteiger partial charge is 0.456 e. The van der Waals surface area contributed by atoms with Crippen molar-refractivity contribution in [3.05, 3.63) is 28.3 Å². The first-order chi connectivity index (χ1) is 14.2. The third-order valence-electron chi connectivity index (χ3n) is 4.24. The standard InChI is InChI=1S/C17H18N4O9/c1-8(22)28-13-7-27-17(16(30-10(3)24)15(13)29-9(2)23)20-11-5-4-6-12(21(25)26)14(11)18-19-20/h4-6,13,15-17H,7H2,1-3H3/t13-,15+,16+,17+/m1/s1. The number of nitro benzene ring substituents is 1. The lowest BCUT2D eigenvalue weighted by Crippen LogP contribution is -2.55. The molecule has 13 nitrogen and oxygen atoms in total. The second kappa shape index (κ2) is 8.41. The zero-order chi connectivity index (χ0) is 22.0. The highest BCUT2D eigenvalue weighted by Crippen LogP contribution is 2.33. The summed E-state index contributed by atoms with van der Waals surface area (Å²) in [6.45, 7) is 3.24. The van der Waals surface area contributed by atoms with Crippen molar-refractivity contribution >= 4 is 34.6 Å². The van der Waals surface area contributed by atoms with Crippen molar-refractivity contribution in [1.82, 2.24) is 15.0 Å². The predicted molar refractivity (Wildman–Crippen MR) is 95.8 cm³/mol. The molecule has 4 atom stereocenters. The summed E-state index contributed by atoms with van der Waals surface area (Å²) in [6.07, 6.45) is -4.67. The average Bonchev–Trinajstić information content (AvgIpc) is 3.07. The molecule has 0 radical (unpaired) electrons. The zero-order valence-corrected chi connectivity index (χ0v) is 16.2. The van der Waals surface area contributed by atoms with Gasteiger partial charge < -0.3 is 18.9 Å². The van der Waals surface area contributed by atoms with Crippen LogP contribution in [-0.4, -0.2) is 62.7 Å². The fraction of sp³-hybridized carbons (Fsp3) is 0.471. The van der Waals surface area contributed by atoms with E-state index in [1.165, 1.54) is 29.8 Å². The molecule has 0 amide bonds. The summed E-state index contributed by atoms with van der Waals surface area (Å²) in [5.74, 6) is -2.07. The van der Waals surface area contributed by atoms with Gasteiger partial charge in [0.15, 0.2) is 30.1 Å². The van der Waals surface area contributed by atoms with Crippen LogP contribution >= 0.6 is 0 Å². The van der Waals surface area contributed by atoms with E-state index in [0.717, 1.165) is 13.8 Å². The fourth-order valence-electron chi connectivity index (χ4n) is 3.22. The minimum Gasteiger partial charge on any atom is -0.456 e. The lowest BCUT2D eigenvalue weighted by atomic mass is 10.0. The summed E-state index contributed by atoms with van der Waals surface area (Å²) < 4.78 is 22.7. The molecule has 1 aliphatic rings. The molecule has 0 aliphatic carbocycles. The van der Waals surface area contributed by atoms with Gasteiger partial charge in [0.1, 0.15) is 0 Å². The van der Waals surface area contributed by atoms with Gasteiger partial charge in [-0.05, 0) is 6.07 Å². The van der Waals surface area contributed by atoms with Crippen LogP contribution in [-0.2, 0) is 33.3 Å². The van der Waals surface area contributed by atoms with Crippen LogP contribution in [0.1, 0.15) is 27.0 Å². The van der Waals surface area contributed by atoms with Crippen molar-refractivity contribution in [2.75, 3.05) is 6.61 Å². The van der Waals surface area contributed by atoms with E-state index in [0.29, 0.717) is 0 Å². The van der Waals surface area contributed by atoms with Gasteiger partial charge in [0.2, 0.25) is 0 Å². The number of nitrogens with zero attached hydrogens (tertiary/aromatic N) is 4. The third kappa shape index (κ3) is 4.20. The van der Waals surface area contributed by atoms with Gasteiger partial charge in [-0.15, -0.1) is 5.10 Å². The minimum atomic E-state index is -1.27. The van der Waals surface area contributed by atoms with Crippen LogP contribution in [0.4, 0.5) is 5.69 Å². The number of nitro groups is 1. The van der Waals surface area contributed by atoms with Gasteiger partial charge in [-0.2, -0.15) is 0 Å². The van der Waals surface area contributed by atoms with E-state index in [2.05, 4.69) is 10.3 Å². The van der Waals surface area contributed by atoms with Gasteiger partial charge in [-0.25, -0.2) is 4.68 Å². The van der Waals surface area contributed by atoms with E-state index in [1.807, 2.05) is 0 Å². The van der Waals surface area contributed by atoms with Crippen LogP contribution in [0, 0.1) is 10.1 Å². The van der Waals surface area contributed by atoms with E-state index in [1.54, 1.807) is 0 Å². The first-order valence-corrected chi connectivity index (χ1v) is 8.80. The van der Waals surface area contributed by atoms with Crippen molar-refractivity contribution in [2.45, 2.75) is 45.3 Å². The molecule has 0 bridgehead atoms. The van der Waals surface area contributed by atoms with Crippen LogP contribution in [0.2, 0.25) is 0 Å². The number of carbonyl (C=O) groups is 3. The maximum absolute atomic E-state index is 11.7. The molecule has 0 spiro atoms. The lowest BCUT2D eigenvalue weighted by molar-refractivity contribution is -0.383. The highest BCUT2D eigenvalue weighted by atomic mass is 16.6. The first-order valence-electron chi connectivity index (χ1n) is 8.80. The fourth-order valence-corrected chi connectivity index (χ4v) is 3.22. The first kappa shape index (κ1) is 21.1. The summed E-state index contributed by atoms with van der Waals surface area (Å²) in [4.78, 5) is 45.5. The Hall–Kier alpha value is -3.61. The molecular weight excluding hydrogens is 404 g/mol. The number of ether oxygens (including phenoxy) is 4. The Balaban J connectivity index is 2.07. The van der Waals surface area contributed by atoms with Crippen molar-refractivity contribution in [3.63, 3.8) is 0 Å². The third-order valence-corrected chi connectivity index (χ3v) is 4.24. The Morgan fingerprint density at radius 2 is 1.73 bits per heavy atom. The van der Waals surface area contributed by atoms with Gasteiger partial charge in [0.05, 0.1) is 17.0 Å². The quantitative estimate of drug-likeness (QED) is 0.288. The highest BCUT2D eigenvalue weighted by Gasteiger charge is 2.48. The van der Waals surface area contributed by atoms with Crippen LogP contribution in [0.15, 0.2) is 18.2 Å². The molecule has 3 rings (SSSR count). The predicted octanol–water partition coefficient (Wildman–Crippen LogP) is 0.663. The maximum atomic E-state index is 11.7. The van der Waals surface area contributed by atoms with E-state index in [-0.39, 0.29) is 23.3 Å².